The van der Waals surface area contributed by atoms with Crippen molar-refractivity contribution >= 4 is 21.6 Å². The van der Waals surface area contributed by atoms with Crippen LogP contribution < -0.4 is 9.62 Å². The molecule has 0 aromatic heterocycles. The maximum atomic E-state index is 13.2. The summed E-state index contributed by atoms with van der Waals surface area (Å²) in [6.45, 7) is 3.05. The summed E-state index contributed by atoms with van der Waals surface area (Å²) in [7, 11) is -3.81. The quantitative estimate of drug-likeness (QED) is 0.798. The molecule has 8 heteroatoms. The van der Waals surface area contributed by atoms with Gasteiger partial charge in [-0.25, -0.2) is 17.2 Å². The molecule has 5 nitrogen and oxygen atoms in total. The van der Waals surface area contributed by atoms with Crippen LogP contribution in [0.15, 0.2) is 30.9 Å². The number of carbonyl (C=O) groups excluding carboxylic acids is 1. The fourth-order valence-corrected chi connectivity index (χ4v) is 2.26. The summed E-state index contributed by atoms with van der Waals surface area (Å²) in [5.41, 5.74) is -0.125. The van der Waals surface area contributed by atoms with Crippen LogP contribution in [-0.4, -0.2) is 33.7 Å². The van der Waals surface area contributed by atoms with E-state index in [9.17, 15) is 22.0 Å². The standard InChI is InChI=1S/C12H14F2N2O3S/c1-3-6-15-12(17)8-16(20(2,18)19)9-4-5-10(13)11(14)7-9/h3-5,7H,1,6,8H2,2H3,(H,15,17). The number of hydrogen-bond acceptors (Lipinski definition) is 3. The van der Waals surface area contributed by atoms with Gasteiger partial charge in [0.1, 0.15) is 6.54 Å². The molecule has 0 aliphatic rings. The minimum Gasteiger partial charge on any atom is -0.351 e. The van der Waals surface area contributed by atoms with Crippen LogP contribution in [0.4, 0.5) is 14.5 Å². The number of carbonyl (C=O) groups is 1. The van der Waals surface area contributed by atoms with Crippen LogP contribution in [0.5, 0.6) is 0 Å². The third-order valence-corrected chi connectivity index (χ3v) is 3.46. The van der Waals surface area contributed by atoms with Gasteiger partial charge in [0.25, 0.3) is 0 Å². The first-order chi connectivity index (χ1) is 9.25. The van der Waals surface area contributed by atoms with Crippen molar-refractivity contribution in [3.63, 3.8) is 0 Å². The fraction of sp³-hybridized carbons (Fsp3) is 0.250. The summed E-state index contributed by atoms with van der Waals surface area (Å²) < 4.78 is 50.0. The van der Waals surface area contributed by atoms with Crippen LogP contribution in [0.25, 0.3) is 0 Å². The Balaban J connectivity index is 3.04. The van der Waals surface area contributed by atoms with Gasteiger partial charge in [-0.2, -0.15) is 0 Å². The Kier molecular flexibility index (Phi) is 5.20. The number of rotatable bonds is 6. The van der Waals surface area contributed by atoms with Gasteiger partial charge in [-0.05, 0) is 12.1 Å². The summed E-state index contributed by atoms with van der Waals surface area (Å²) in [6.07, 6.45) is 2.30. The summed E-state index contributed by atoms with van der Waals surface area (Å²) in [6, 6.07) is 2.60. The van der Waals surface area contributed by atoms with Crippen LogP contribution in [0.2, 0.25) is 0 Å². The molecule has 1 amide bonds. The number of benzene rings is 1. The van der Waals surface area contributed by atoms with Gasteiger partial charge in [0, 0.05) is 12.6 Å². The lowest BCUT2D eigenvalue weighted by molar-refractivity contribution is -0.119. The average molecular weight is 304 g/mol. The molecule has 1 aromatic carbocycles. The molecule has 0 fully saturated rings. The molecule has 0 aliphatic carbocycles. The number of anilines is 1. The molecule has 0 aliphatic heterocycles. The van der Waals surface area contributed by atoms with E-state index in [0.29, 0.717) is 4.31 Å². The molecule has 1 rings (SSSR count). The lowest BCUT2D eigenvalue weighted by Gasteiger charge is -2.21. The first-order valence-corrected chi connectivity index (χ1v) is 7.41. The second kappa shape index (κ2) is 6.47. The van der Waals surface area contributed by atoms with Crippen molar-refractivity contribution in [1.82, 2.24) is 5.32 Å². The number of nitrogens with one attached hydrogen (secondary N) is 1. The zero-order valence-electron chi connectivity index (χ0n) is 10.8. The van der Waals surface area contributed by atoms with E-state index >= 15 is 0 Å². The highest BCUT2D eigenvalue weighted by molar-refractivity contribution is 7.92. The molecular weight excluding hydrogens is 290 g/mol. The summed E-state index contributed by atoms with van der Waals surface area (Å²) in [5, 5.41) is 2.40. The molecule has 0 spiro atoms. The average Bonchev–Trinajstić information content (AvgIpc) is 2.35. The maximum absolute atomic E-state index is 13.2. The lowest BCUT2D eigenvalue weighted by Crippen LogP contribution is -2.40. The first kappa shape index (κ1) is 16.1. The molecule has 110 valence electrons. The van der Waals surface area contributed by atoms with Crippen molar-refractivity contribution in [2.75, 3.05) is 23.7 Å². The number of halogens is 2. The molecular formula is C12H14F2N2O3S. The van der Waals surface area contributed by atoms with E-state index in [2.05, 4.69) is 11.9 Å². The van der Waals surface area contributed by atoms with Crippen molar-refractivity contribution in [3.05, 3.63) is 42.5 Å². The second-order valence-corrected chi connectivity index (χ2v) is 5.87. The molecule has 1 N–H and O–H groups in total. The van der Waals surface area contributed by atoms with Crippen molar-refractivity contribution in [1.29, 1.82) is 0 Å². The van der Waals surface area contributed by atoms with Crippen molar-refractivity contribution in [2.45, 2.75) is 0 Å². The molecule has 0 heterocycles. The van der Waals surface area contributed by atoms with E-state index in [1.165, 1.54) is 6.08 Å². The summed E-state index contributed by atoms with van der Waals surface area (Å²) in [5.74, 6) is -2.87. The molecule has 0 saturated carbocycles. The molecule has 0 saturated heterocycles. The van der Waals surface area contributed by atoms with Gasteiger partial charge in [0.2, 0.25) is 15.9 Å². The second-order valence-electron chi connectivity index (χ2n) is 3.96. The number of sulfonamides is 1. The zero-order chi connectivity index (χ0) is 15.3. The van der Waals surface area contributed by atoms with Gasteiger partial charge in [0.05, 0.1) is 11.9 Å². The van der Waals surface area contributed by atoms with Crippen LogP contribution in [0, 0.1) is 11.6 Å². The normalized spacial score (nSPS) is 10.9. The lowest BCUT2D eigenvalue weighted by atomic mass is 10.3. The zero-order valence-corrected chi connectivity index (χ0v) is 11.6. The van der Waals surface area contributed by atoms with Crippen LogP contribution in [0.1, 0.15) is 0 Å². The SMILES string of the molecule is C=CCNC(=O)CN(c1ccc(F)c(F)c1)S(C)(=O)=O. The first-order valence-electron chi connectivity index (χ1n) is 5.56. The highest BCUT2D eigenvalue weighted by Gasteiger charge is 2.21. The summed E-state index contributed by atoms with van der Waals surface area (Å²) in [4.78, 5) is 11.6. The monoisotopic (exact) mass is 304 g/mol. The largest absolute Gasteiger partial charge is 0.351 e. The highest BCUT2D eigenvalue weighted by Crippen LogP contribution is 2.20. The van der Waals surface area contributed by atoms with Crippen LogP contribution in [-0.2, 0) is 14.8 Å². The van der Waals surface area contributed by atoms with Crippen LogP contribution in [0.3, 0.4) is 0 Å². The molecule has 0 radical (unpaired) electrons. The predicted octanol–water partition coefficient (Wildman–Crippen LogP) is 1.03. The minimum absolute atomic E-state index is 0.125. The van der Waals surface area contributed by atoms with Gasteiger partial charge >= 0.3 is 0 Å². The topological polar surface area (TPSA) is 66.5 Å². The number of nitrogens with zero attached hydrogens (tertiary/aromatic N) is 1. The number of hydrogen-bond donors (Lipinski definition) is 1. The van der Waals surface area contributed by atoms with Gasteiger partial charge in [0.15, 0.2) is 11.6 Å². The number of amides is 1. The Hall–Kier alpha value is -1.96. The van der Waals surface area contributed by atoms with Gasteiger partial charge in [-0.1, -0.05) is 6.08 Å². The van der Waals surface area contributed by atoms with E-state index < -0.39 is 34.1 Å². The van der Waals surface area contributed by atoms with E-state index in [0.717, 1.165) is 24.5 Å². The smallest absolute Gasteiger partial charge is 0.241 e. The van der Waals surface area contributed by atoms with E-state index in [4.69, 9.17) is 0 Å². The minimum atomic E-state index is -3.81. The Morgan fingerprint density at radius 2 is 2.05 bits per heavy atom. The predicted molar refractivity (Wildman–Crippen MR) is 71.8 cm³/mol. The Bertz CT molecular complexity index is 617. The van der Waals surface area contributed by atoms with Gasteiger partial charge in [-0.3, -0.25) is 9.10 Å². The Morgan fingerprint density at radius 3 is 2.55 bits per heavy atom. The van der Waals surface area contributed by atoms with E-state index in [1.807, 2.05) is 0 Å². The van der Waals surface area contributed by atoms with Crippen LogP contribution >= 0.6 is 0 Å². The molecule has 0 atom stereocenters. The molecule has 20 heavy (non-hydrogen) atoms. The fourth-order valence-electron chi connectivity index (χ4n) is 1.41. The maximum Gasteiger partial charge on any atom is 0.241 e. The Labute approximate surface area is 115 Å². The third-order valence-electron chi connectivity index (χ3n) is 2.32. The molecule has 1 aromatic rings. The van der Waals surface area contributed by atoms with Crippen molar-refractivity contribution in [2.24, 2.45) is 0 Å². The van der Waals surface area contributed by atoms with Crippen molar-refractivity contribution in [3.8, 4) is 0 Å². The van der Waals surface area contributed by atoms with Gasteiger partial charge < -0.3 is 5.32 Å². The molecule has 0 bridgehead atoms. The third kappa shape index (κ3) is 4.30. The molecule has 0 unspecified atom stereocenters. The van der Waals surface area contributed by atoms with Crippen molar-refractivity contribution < 1.29 is 22.0 Å². The van der Waals surface area contributed by atoms with E-state index in [1.54, 1.807) is 0 Å². The highest BCUT2D eigenvalue weighted by atomic mass is 32.2. The summed E-state index contributed by atoms with van der Waals surface area (Å²) >= 11 is 0. The van der Waals surface area contributed by atoms with Gasteiger partial charge in [-0.15, -0.1) is 6.58 Å². The Morgan fingerprint density at radius 1 is 1.40 bits per heavy atom. The van der Waals surface area contributed by atoms with E-state index in [-0.39, 0.29) is 12.2 Å².